The van der Waals surface area contributed by atoms with Crippen molar-refractivity contribution in [3.63, 3.8) is 0 Å². The van der Waals surface area contributed by atoms with E-state index in [2.05, 4.69) is 10.6 Å². The van der Waals surface area contributed by atoms with E-state index in [4.69, 9.17) is 5.73 Å². The van der Waals surface area contributed by atoms with Crippen molar-refractivity contribution in [2.45, 2.75) is 12.8 Å². The molecule has 1 unspecified atom stereocenters. The Morgan fingerprint density at radius 1 is 1.47 bits per heavy atom. The highest BCUT2D eigenvalue weighted by atomic mass is 19.1. The lowest BCUT2D eigenvalue weighted by molar-refractivity contribution is -0.117. The quantitative estimate of drug-likeness (QED) is 0.755. The summed E-state index contributed by atoms with van der Waals surface area (Å²) in [6, 6.07) is 3.66. The number of amides is 2. The number of carbonyl (C=O) groups is 2. The molecule has 1 fully saturated rings. The molecular formula is C13H16FN3O2. The average Bonchev–Trinajstić information content (AvgIpc) is 2.84. The Balaban J connectivity index is 2.02. The minimum Gasteiger partial charge on any atom is -0.366 e. The summed E-state index contributed by atoms with van der Waals surface area (Å²) in [4.78, 5) is 22.8. The lowest BCUT2D eigenvalue weighted by atomic mass is 10.0. The molecule has 1 atom stereocenters. The van der Waals surface area contributed by atoms with E-state index in [0.717, 1.165) is 25.6 Å². The highest BCUT2D eigenvalue weighted by molar-refractivity contribution is 5.96. The van der Waals surface area contributed by atoms with Crippen molar-refractivity contribution in [3.05, 3.63) is 29.6 Å². The molecule has 0 spiro atoms. The van der Waals surface area contributed by atoms with E-state index >= 15 is 0 Å². The second kappa shape index (κ2) is 5.79. The molecule has 1 heterocycles. The van der Waals surface area contributed by atoms with Crippen LogP contribution in [-0.2, 0) is 4.79 Å². The van der Waals surface area contributed by atoms with Crippen LogP contribution in [0.4, 0.5) is 10.1 Å². The molecule has 2 amide bonds. The van der Waals surface area contributed by atoms with Crippen molar-refractivity contribution < 1.29 is 14.0 Å². The van der Waals surface area contributed by atoms with Crippen molar-refractivity contribution >= 4 is 17.5 Å². The molecule has 1 aliphatic heterocycles. The van der Waals surface area contributed by atoms with Crippen molar-refractivity contribution in [1.82, 2.24) is 5.32 Å². The van der Waals surface area contributed by atoms with E-state index < -0.39 is 11.7 Å². The summed E-state index contributed by atoms with van der Waals surface area (Å²) >= 11 is 0. The third-order valence-corrected chi connectivity index (χ3v) is 3.16. The van der Waals surface area contributed by atoms with Gasteiger partial charge < -0.3 is 16.4 Å². The molecule has 0 aliphatic carbocycles. The van der Waals surface area contributed by atoms with Crippen molar-refractivity contribution in [2.24, 2.45) is 11.7 Å². The van der Waals surface area contributed by atoms with Crippen LogP contribution in [0.2, 0.25) is 0 Å². The van der Waals surface area contributed by atoms with Gasteiger partial charge in [-0.2, -0.15) is 0 Å². The number of hydrogen-bond donors (Lipinski definition) is 3. The van der Waals surface area contributed by atoms with Gasteiger partial charge in [-0.25, -0.2) is 4.39 Å². The SMILES string of the molecule is NC(=O)c1ccc(F)c(NC(=O)CC2CCNC2)c1. The first-order valence-corrected chi connectivity index (χ1v) is 6.16. The van der Waals surface area contributed by atoms with Gasteiger partial charge in [0.25, 0.3) is 0 Å². The molecule has 5 nitrogen and oxygen atoms in total. The zero-order valence-corrected chi connectivity index (χ0v) is 10.4. The number of anilines is 1. The summed E-state index contributed by atoms with van der Waals surface area (Å²) in [6.45, 7) is 1.71. The minimum atomic E-state index is -0.657. The smallest absolute Gasteiger partial charge is 0.248 e. The zero-order valence-electron chi connectivity index (χ0n) is 10.4. The monoisotopic (exact) mass is 265 g/mol. The number of benzene rings is 1. The second-order valence-corrected chi connectivity index (χ2v) is 4.67. The predicted octanol–water partition coefficient (Wildman–Crippen LogP) is 0.863. The summed E-state index contributed by atoms with van der Waals surface area (Å²) in [5.41, 5.74) is 5.27. The van der Waals surface area contributed by atoms with Gasteiger partial charge in [0.05, 0.1) is 5.69 Å². The van der Waals surface area contributed by atoms with Gasteiger partial charge in [0, 0.05) is 12.0 Å². The van der Waals surface area contributed by atoms with Gasteiger partial charge in [-0.15, -0.1) is 0 Å². The highest BCUT2D eigenvalue weighted by Gasteiger charge is 2.19. The Kier molecular flexibility index (Phi) is 4.11. The molecule has 1 aliphatic rings. The summed E-state index contributed by atoms with van der Waals surface area (Å²) in [6.07, 6.45) is 1.28. The molecule has 1 aromatic carbocycles. The maximum Gasteiger partial charge on any atom is 0.248 e. The van der Waals surface area contributed by atoms with E-state index in [9.17, 15) is 14.0 Å². The van der Waals surface area contributed by atoms with E-state index in [1.54, 1.807) is 0 Å². The van der Waals surface area contributed by atoms with E-state index in [-0.39, 0.29) is 23.1 Å². The topological polar surface area (TPSA) is 84.2 Å². The molecule has 1 aromatic rings. The van der Waals surface area contributed by atoms with Crippen molar-refractivity contribution in [1.29, 1.82) is 0 Å². The van der Waals surface area contributed by atoms with Gasteiger partial charge in [0.1, 0.15) is 5.82 Å². The Bertz CT molecular complexity index is 499. The molecule has 2 rings (SSSR count). The van der Waals surface area contributed by atoms with Gasteiger partial charge in [-0.05, 0) is 43.6 Å². The fourth-order valence-corrected chi connectivity index (χ4v) is 2.13. The fourth-order valence-electron chi connectivity index (χ4n) is 2.13. The summed E-state index contributed by atoms with van der Waals surface area (Å²) in [5, 5.41) is 5.64. The first-order valence-electron chi connectivity index (χ1n) is 6.16. The van der Waals surface area contributed by atoms with Crippen molar-refractivity contribution in [3.8, 4) is 0 Å². The Morgan fingerprint density at radius 2 is 2.26 bits per heavy atom. The summed E-state index contributed by atoms with van der Waals surface area (Å²) in [5.74, 6) is -1.21. The Hall–Kier alpha value is -1.95. The third kappa shape index (κ3) is 3.51. The fraction of sp³-hybridized carbons (Fsp3) is 0.385. The van der Waals surface area contributed by atoms with Crippen LogP contribution in [0.25, 0.3) is 0 Å². The first kappa shape index (κ1) is 13.5. The van der Waals surface area contributed by atoms with Gasteiger partial charge >= 0.3 is 0 Å². The normalized spacial score (nSPS) is 18.3. The van der Waals surface area contributed by atoms with Gasteiger partial charge in [0.2, 0.25) is 11.8 Å². The molecule has 4 N–H and O–H groups in total. The number of hydrogen-bond acceptors (Lipinski definition) is 3. The number of nitrogens with one attached hydrogen (secondary N) is 2. The number of rotatable bonds is 4. The number of primary amides is 1. The average molecular weight is 265 g/mol. The minimum absolute atomic E-state index is 0.00717. The Labute approximate surface area is 110 Å². The van der Waals surface area contributed by atoms with Crippen LogP contribution in [-0.4, -0.2) is 24.9 Å². The van der Waals surface area contributed by atoms with Crippen LogP contribution in [0.15, 0.2) is 18.2 Å². The molecule has 0 bridgehead atoms. The zero-order chi connectivity index (χ0) is 13.8. The number of halogens is 1. The highest BCUT2D eigenvalue weighted by Crippen LogP contribution is 2.18. The molecule has 6 heteroatoms. The van der Waals surface area contributed by atoms with Gasteiger partial charge in [-0.1, -0.05) is 0 Å². The number of carbonyl (C=O) groups excluding carboxylic acids is 2. The maximum absolute atomic E-state index is 13.5. The summed E-state index contributed by atoms with van der Waals surface area (Å²) in [7, 11) is 0. The first-order chi connectivity index (χ1) is 9.06. The lowest BCUT2D eigenvalue weighted by Gasteiger charge is -2.10. The van der Waals surface area contributed by atoms with E-state index in [1.807, 2.05) is 0 Å². The molecule has 0 aromatic heterocycles. The molecule has 0 saturated carbocycles. The van der Waals surface area contributed by atoms with Crippen LogP contribution < -0.4 is 16.4 Å². The summed E-state index contributed by atoms with van der Waals surface area (Å²) < 4.78 is 13.5. The lowest BCUT2D eigenvalue weighted by Crippen LogP contribution is -2.19. The van der Waals surface area contributed by atoms with Crippen LogP contribution >= 0.6 is 0 Å². The van der Waals surface area contributed by atoms with Crippen LogP contribution in [0.5, 0.6) is 0 Å². The third-order valence-electron chi connectivity index (χ3n) is 3.16. The largest absolute Gasteiger partial charge is 0.366 e. The number of nitrogens with two attached hydrogens (primary N) is 1. The maximum atomic E-state index is 13.5. The molecule has 19 heavy (non-hydrogen) atoms. The van der Waals surface area contributed by atoms with Gasteiger partial charge in [-0.3, -0.25) is 9.59 Å². The van der Waals surface area contributed by atoms with E-state index in [1.165, 1.54) is 12.1 Å². The predicted molar refractivity (Wildman–Crippen MR) is 69.1 cm³/mol. The van der Waals surface area contributed by atoms with Gasteiger partial charge in [0.15, 0.2) is 0 Å². The second-order valence-electron chi connectivity index (χ2n) is 4.67. The van der Waals surface area contributed by atoms with Crippen molar-refractivity contribution in [2.75, 3.05) is 18.4 Å². The molecule has 1 saturated heterocycles. The molecule has 0 radical (unpaired) electrons. The Morgan fingerprint density at radius 3 is 2.89 bits per heavy atom. The molecule has 102 valence electrons. The van der Waals surface area contributed by atoms with Crippen LogP contribution in [0, 0.1) is 11.7 Å². The van der Waals surface area contributed by atoms with Crippen LogP contribution in [0.1, 0.15) is 23.2 Å². The standard InChI is InChI=1S/C13H16FN3O2/c14-10-2-1-9(13(15)19)6-11(10)17-12(18)5-8-3-4-16-7-8/h1-2,6,8,16H,3-5,7H2,(H2,15,19)(H,17,18). The van der Waals surface area contributed by atoms with E-state index in [0.29, 0.717) is 6.42 Å². The van der Waals surface area contributed by atoms with Crippen LogP contribution in [0.3, 0.4) is 0 Å². The molecular weight excluding hydrogens is 249 g/mol.